The molecule has 2 aromatic carbocycles. The number of carboxylic acid groups (broad SMARTS) is 1. The molecule has 8 heteroatoms. The van der Waals surface area contributed by atoms with Crippen LogP contribution in [0.3, 0.4) is 0 Å². The van der Waals surface area contributed by atoms with E-state index in [0.29, 0.717) is 4.90 Å². The fourth-order valence-corrected chi connectivity index (χ4v) is 4.34. The second-order valence-corrected chi connectivity index (χ2v) is 7.22. The van der Waals surface area contributed by atoms with Gasteiger partial charge in [0, 0.05) is 12.5 Å². The Labute approximate surface area is 164 Å². The number of carbonyl (C=O) groups is 2. The highest BCUT2D eigenvalue weighted by atomic mass is 19.4. The first kappa shape index (κ1) is 19.3. The molecular formula is C21H18F3NO4. The molecule has 1 heterocycles. The topological polar surface area (TPSA) is 66.8 Å². The van der Waals surface area contributed by atoms with Crippen molar-refractivity contribution in [2.45, 2.75) is 24.6 Å². The summed E-state index contributed by atoms with van der Waals surface area (Å²) in [6.07, 6.45) is -6.24. The van der Waals surface area contributed by atoms with Gasteiger partial charge in [0.25, 0.3) is 0 Å². The number of hydrogen-bond acceptors (Lipinski definition) is 3. The Morgan fingerprint density at radius 2 is 1.59 bits per heavy atom. The Kier molecular flexibility index (Phi) is 4.72. The molecule has 1 aliphatic heterocycles. The molecule has 1 aliphatic carbocycles. The number of carboxylic acids is 1. The molecule has 0 bridgehead atoms. The molecule has 2 atom stereocenters. The van der Waals surface area contributed by atoms with E-state index in [4.69, 9.17) is 9.84 Å². The van der Waals surface area contributed by atoms with Gasteiger partial charge in [-0.15, -0.1) is 0 Å². The van der Waals surface area contributed by atoms with Crippen LogP contribution in [0.4, 0.5) is 18.0 Å². The van der Waals surface area contributed by atoms with Crippen LogP contribution in [0.5, 0.6) is 0 Å². The van der Waals surface area contributed by atoms with Gasteiger partial charge < -0.3 is 9.84 Å². The van der Waals surface area contributed by atoms with Crippen LogP contribution in [0.15, 0.2) is 48.5 Å². The molecule has 1 amide bonds. The first-order valence-corrected chi connectivity index (χ1v) is 9.20. The molecule has 152 valence electrons. The summed E-state index contributed by atoms with van der Waals surface area (Å²) in [6, 6.07) is 12.8. The molecule has 2 aliphatic rings. The summed E-state index contributed by atoms with van der Waals surface area (Å²) in [4.78, 5) is 24.1. The van der Waals surface area contributed by atoms with Gasteiger partial charge in [-0.05, 0) is 28.7 Å². The van der Waals surface area contributed by atoms with Crippen LogP contribution >= 0.6 is 0 Å². The van der Waals surface area contributed by atoms with Crippen molar-refractivity contribution in [2.75, 3.05) is 13.2 Å². The Hall–Kier alpha value is -3.03. The lowest BCUT2D eigenvalue weighted by molar-refractivity contribution is -0.188. The molecule has 0 spiro atoms. The Morgan fingerprint density at radius 3 is 2.10 bits per heavy atom. The van der Waals surface area contributed by atoms with Crippen LogP contribution in [0.2, 0.25) is 0 Å². The Balaban J connectivity index is 1.54. The minimum atomic E-state index is -4.84. The summed E-state index contributed by atoms with van der Waals surface area (Å²) in [5, 5.41) is 9.09. The van der Waals surface area contributed by atoms with Gasteiger partial charge in [-0.1, -0.05) is 48.5 Å². The van der Waals surface area contributed by atoms with Crippen LogP contribution in [0.25, 0.3) is 11.1 Å². The number of benzene rings is 2. The summed E-state index contributed by atoms with van der Waals surface area (Å²) < 4.78 is 45.5. The number of alkyl halides is 3. The van der Waals surface area contributed by atoms with Crippen molar-refractivity contribution in [3.05, 3.63) is 59.7 Å². The summed E-state index contributed by atoms with van der Waals surface area (Å²) in [7, 11) is 0. The van der Waals surface area contributed by atoms with E-state index >= 15 is 0 Å². The molecule has 0 saturated carbocycles. The molecule has 29 heavy (non-hydrogen) atoms. The Bertz CT molecular complexity index is 913. The summed E-state index contributed by atoms with van der Waals surface area (Å²) in [5.41, 5.74) is 3.89. The summed E-state index contributed by atoms with van der Waals surface area (Å²) in [5.74, 6) is -3.54. The predicted octanol–water partition coefficient (Wildman–Crippen LogP) is 4.27. The van der Waals surface area contributed by atoms with Gasteiger partial charge in [0.15, 0.2) is 0 Å². The average molecular weight is 405 g/mol. The zero-order chi connectivity index (χ0) is 20.8. The van der Waals surface area contributed by atoms with E-state index in [-0.39, 0.29) is 25.5 Å². The maximum Gasteiger partial charge on any atom is 0.410 e. The number of halogens is 3. The van der Waals surface area contributed by atoms with E-state index in [1.54, 1.807) is 0 Å². The lowest BCUT2D eigenvalue weighted by Crippen LogP contribution is -2.49. The first-order chi connectivity index (χ1) is 13.8. The highest BCUT2D eigenvalue weighted by Gasteiger charge is 2.56. The van der Waals surface area contributed by atoms with Crippen LogP contribution in [0.1, 0.15) is 23.5 Å². The number of likely N-dealkylation sites (tertiary alicyclic amines) is 1. The fraction of sp³-hybridized carbons (Fsp3) is 0.333. The highest BCUT2D eigenvalue weighted by Crippen LogP contribution is 2.45. The fourth-order valence-electron chi connectivity index (χ4n) is 4.34. The van der Waals surface area contributed by atoms with E-state index in [0.717, 1.165) is 22.3 Å². The van der Waals surface area contributed by atoms with Crippen molar-refractivity contribution in [1.29, 1.82) is 0 Å². The predicted molar refractivity (Wildman–Crippen MR) is 97.4 cm³/mol. The van der Waals surface area contributed by atoms with E-state index in [2.05, 4.69) is 0 Å². The maximum absolute atomic E-state index is 13.4. The van der Waals surface area contributed by atoms with Crippen molar-refractivity contribution in [2.24, 2.45) is 5.92 Å². The third-order valence-corrected chi connectivity index (χ3v) is 5.62. The molecule has 0 unspecified atom stereocenters. The number of ether oxygens (including phenoxy) is 1. The van der Waals surface area contributed by atoms with Gasteiger partial charge in [-0.25, -0.2) is 4.79 Å². The van der Waals surface area contributed by atoms with E-state index < -0.39 is 30.2 Å². The van der Waals surface area contributed by atoms with Gasteiger partial charge in [-0.3, -0.25) is 9.69 Å². The largest absolute Gasteiger partial charge is 0.481 e. The van der Waals surface area contributed by atoms with Crippen LogP contribution in [-0.4, -0.2) is 47.4 Å². The van der Waals surface area contributed by atoms with Crippen molar-refractivity contribution in [1.82, 2.24) is 4.90 Å². The Morgan fingerprint density at radius 1 is 1.03 bits per heavy atom. The lowest BCUT2D eigenvalue weighted by atomic mass is 9.98. The lowest BCUT2D eigenvalue weighted by Gasteiger charge is -2.28. The highest BCUT2D eigenvalue weighted by molar-refractivity contribution is 5.79. The van der Waals surface area contributed by atoms with Gasteiger partial charge in [0.2, 0.25) is 0 Å². The third-order valence-electron chi connectivity index (χ3n) is 5.62. The zero-order valence-corrected chi connectivity index (χ0v) is 15.2. The monoisotopic (exact) mass is 405 g/mol. The minimum Gasteiger partial charge on any atom is -0.481 e. The second kappa shape index (κ2) is 7.09. The molecule has 1 N–H and O–H groups in total. The van der Waals surface area contributed by atoms with Gasteiger partial charge in [0.1, 0.15) is 12.6 Å². The van der Waals surface area contributed by atoms with Crippen molar-refractivity contribution in [3.8, 4) is 11.1 Å². The van der Waals surface area contributed by atoms with Crippen molar-refractivity contribution in [3.63, 3.8) is 0 Å². The molecule has 5 nitrogen and oxygen atoms in total. The molecule has 0 radical (unpaired) electrons. The van der Waals surface area contributed by atoms with Gasteiger partial charge in [0.05, 0.1) is 5.92 Å². The number of hydrogen-bond donors (Lipinski definition) is 1. The second-order valence-electron chi connectivity index (χ2n) is 7.22. The number of amides is 1. The summed E-state index contributed by atoms with van der Waals surface area (Å²) >= 11 is 0. The number of aliphatic carboxylic acids is 1. The molecule has 1 saturated heterocycles. The average Bonchev–Trinajstić information content (AvgIpc) is 3.27. The van der Waals surface area contributed by atoms with Crippen LogP contribution < -0.4 is 0 Å². The van der Waals surface area contributed by atoms with Crippen LogP contribution in [-0.2, 0) is 9.53 Å². The van der Waals surface area contributed by atoms with Gasteiger partial charge in [-0.2, -0.15) is 13.2 Å². The number of rotatable bonds is 3. The smallest absolute Gasteiger partial charge is 0.410 e. The SMILES string of the molecule is O=C(O)[C@@H]1CCN(C(=O)OCC2c3ccccc3-c3ccccc32)[C@H]1C(F)(F)F. The maximum atomic E-state index is 13.4. The van der Waals surface area contributed by atoms with E-state index in [1.165, 1.54) is 0 Å². The van der Waals surface area contributed by atoms with Crippen LogP contribution in [0, 0.1) is 5.92 Å². The quantitative estimate of drug-likeness (QED) is 0.828. The van der Waals surface area contributed by atoms with Crippen molar-refractivity contribution >= 4 is 12.1 Å². The molecule has 2 aromatic rings. The number of fused-ring (bicyclic) bond motifs is 3. The van der Waals surface area contributed by atoms with Crippen molar-refractivity contribution < 1.29 is 32.6 Å². The molecular weight excluding hydrogens is 387 g/mol. The molecule has 1 fully saturated rings. The van der Waals surface area contributed by atoms with Gasteiger partial charge >= 0.3 is 18.2 Å². The van der Waals surface area contributed by atoms with E-state index in [9.17, 15) is 22.8 Å². The minimum absolute atomic E-state index is 0.119. The first-order valence-electron chi connectivity index (χ1n) is 9.20. The molecule has 0 aromatic heterocycles. The number of carbonyl (C=O) groups excluding carboxylic acids is 1. The van der Waals surface area contributed by atoms with E-state index in [1.807, 2.05) is 48.5 Å². The third kappa shape index (κ3) is 3.32. The number of nitrogens with zero attached hydrogens (tertiary/aromatic N) is 1. The standard InChI is InChI=1S/C21H18F3NO4/c22-21(23,24)18-16(19(26)27)9-10-25(18)20(28)29-11-17-14-7-3-1-5-12(14)13-6-2-4-8-15(13)17/h1-8,16-18H,9-11H2,(H,26,27)/t16-,18-/m1/s1. The normalized spacial score (nSPS) is 21.0. The summed E-state index contributed by atoms with van der Waals surface area (Å²) in [6.45, 7) is -0.427. The zero-order valence-electron chi connectivity index (χ0n) is 15.2. The molecule has 4 rings (SSSR count).